The van der Waals surface area contributed by atoms with Crippen LogP contribution in [-0.4, -0.2) is 40.6 Å². The SMILES string of the molecule is O=C(Nc1cccc(F)c1F)[C@H]1C[C@@H](O)CN1C(=O)Nc1ccccc1. The molecular formula is C18H17F2N3O3. The summed E-state index contributed by atoms with van der Waals surface area (Å²) in [4.78, 5) is 26.1. The molecule has 0 unspecified atom stereocenters. The summed E-state index contributed by atoms with van der Waals surface area (Å²) in [6.45, 7) is -0.0393. The number of benzene rings is 2. The third-order valence-corrected chi connectivity index (χ3v) is 4.08. The monoisotopic (exact) mass is 361 g/mol. The lowest BCUT2D eigenvalue weighted by molar-refractivity contribution is -0.119. The molecule has 0 radical (unpaired) electrons. The molecule has 1 heterocycles. The van der Waals surface area contributed by atoms with E-state index in [1.165, 1.54) is 17.0 Å². The van der Waals surface area contributed by atoms with Crippen molar-refractivity contribution in [3.8, 4) is 0 Å². The Kier molecular flexibility index (Phi) is 5.13. The van der Waals surface area contributed by atoms with Gasteiger partial charge in [0.1, 0.15) is 6.04 Å². The van der Waals surface area contributed by atoms with Gasteiger partial charge in [-0.2, -0.15) is 0 Å². The molecule has 0 aromatic heterocycles. The van der Waals surface area contributed by atoms with E-state index in [0.717, 1.165) is 6.07 Å². The van der Waals surface area contributed by atoms with Crippen LogP contribution in [0.3, 0.4) is 0 Å². The number of hydrogen-bond donors (Lipinski definition) is 3. The normalized spacial score (nSPS) is 19.3. The molecule has 8 heteroatoms. The van der Waals surface area contributed by atoms with E-state index in [-0.39, 0.29) is 18.7 Å². The van der Waals surface area contributed by atoms with Crippen molar-refractivity contribution >= 4 is 23.3 Å². The van der Waals surface area contributed by atoms with Crippen LogP contribution in [0.4, 0.5) is 25.0 Å². The van der Waals surface area contributed by atoms with E-state index in [9.17, 15) is 23.5 Å². The number of urea groups is 1. The minimum Gasteiger partial charge on any atom is -0.391 e. The number of carbonyl (C=O) groups is 2. The largest absolute Gasteiger partial charge is 0.391 e. The number of aliphatic hydroxyl groups is 1. The molecule has 1 aliphatic rings. The molecule has 0 aliphatic carbocycles. The molecule has 3 rings (SSSR count). The number of rotatable bonds is 3. The zero-order valence-corrected chi connectivity index (χ0v) is 13.7. The highest BCUT2D eigenvalue weighted by Gasteiger charge is 2.39. The number of hydrogen-bond acceptors (Lipinski definition) is 3. The third-order valence-electron chi connectivity index (χ3n) is 4.08. The lowest BCUT2D eigenvalue weighted by atomic mass is 10.1. The number of aliphatic hydroxyl groups excluding tert-OH is 1. The summed E-state index contributed by atoms with van der Waals surface area (Å²) in [7, 11) is 0. The first kappa shape index (κ1) is 17.8. The van der Waals surface area contributed by atoms with Gasteiger partial charge in [0.2, 0.25) is 5.91 Å². The highest BCUT2D eigenvalue weighted by atomic mass is 19.2. The van der Waals surface area contributed by atoms with Gasteiger partial charge in [0, 0.05) is 18.7 Å². The Morgan fingerprint density at radius 2 is 1.77 bits per heavy atom. The van der Waals surface area contributed by atoms with E-state index in [0.29, 0.717) is 5.69 Å². The zero-order chi connectivity index (χ0) is 18.7. The molecule has 2 atom stereocenters. The van der Waals surface area contributed by atoms with Gasteiger partial charge in [0.25, 0.3) is 0 Å². The molecule has 0 saturated carbocycles. The second-order valence-electron chi connectivity index (χ2n) is 5.94. The summed E-state index contributed by atoms with van der Waals surface area (Å²) < 4.78 is 27.0. The standard InChI is InChI=1S/C18H17F2N3O3/c19-13-7-4-8-14(16(13)20)22-17(25)15-9-12(24)10-23(15)18(26)21-11-5-2-1-3-6-11/h1-8,12,15,24H,9-10H2,(H,21,26)(H,22,25)/t12-,15-/m1/s1. The molecular weight excluding hydrogens is 344 g/mol. The number of halogens is 2. The molecule has 1 saturated heterocycles. The molecule has 1 aliphatic heterocycles. The first-order chi connectivity index (χ1) is 12.5. The number of nitrogens with one attached hydrogen (secondary N) is 2. The Labute approximate surface area is 148 Å². The summed E-state index contributed by atoms with van der Waals surface area (Å²) in [5, 5.41) is 14.8. The van der Waals surface area contributed by atoms with E-state index in [4.69, 9.17) is 0 Å². The molecule has 1 fully saturated rings. The summed E-state index contributed by atoms with van der Waals surface area (Å²) in [6.07, 6.45) is -0.880. The Balaban J connectivity index is 1.73. The smallest absolute Gasteiger partial charge is 0.322 e. The number of β-amino-alcohol motifs (C(OH)–C–C–N with tert-alkyl or cyclic N) is 1. The van der Waals surface area contributed by atoms with Gasteiger partial charge < -0.3 is 20.6 Å². The van der Waals surface area contributed by atoms with Crippen LogP contribution in [-0.2, 0) is 4.79 Å². The fraction of sp³-hybridized carbons (Fsp3) is 0.222. The van der Waals surface area contributed by atoms with Gasteiger partial charge in [-0.15, -0.1) is 0 Å². The van der Waals surface area contributed by atoms with E-state index >= 15 is 0 Å². The van der Waals surface area contributed by atoms with Gasteiger partial charge >= 0.3 is 6.03 Å². The molecule has 3 N–H and O–H groups in total. The molecule has 6 nitrogen and oxygen atoms in total. The summed E-state index contributed by atoms with van der Waals surface area (Å²) >= 11 is 0. The van der Waals surface area contributed by atoms with Gasteiger partial charge in [0.15, 0.2) is 11.6 Å². The Bertz CT molecular complexity index is 817. The van der Waals surface area contributed by atoms with Crippen molar-refractivity contribution in [2.24, 2.45) is 0 Å². The van der Waals surface area contributed by atoms with Gasteiger partial charge in [-0.25, -0.2) is 13.6 Å². The summed E-state index contributed by atoms with van der Waals surface area (Å²) in [5.41, 5.74) is 0.217. The van der Waals surface area contributed by atoms with Crippen molar-refractivity contribution in [1.82, 2.24) is 4.90 Å². The van der Waals surface area contributed by atoms with Gasteiger partial charge in [0.05, 0.1) is 11.8 Å². The highest BCUT2D eigenvalue weighted by molar-refractivity contribution is 5.99. The molecule has 0 spiro atoms. The summed E-state index contributed by atoms with van der Waals surface area (Å²) in [6, 6.07) is 10.5. The molecule has 3 amide bonds. The van der Waals surface area contributed by atoms with Crippen LogP contribution in [0.5, 0.6) is 0 Å². The van der Waals surface area contributed by atoms with Crippen LogP contribution >= 0.6 is 0 Å². The number of anilines is 2. The lowest BCUT2D eigenvalue weighted by Crippen LogP contribution is -2.45. The van der Waals surface area contributed by atoms with Gasteiger partial charge in [-0.3, -0.25) is 4.79 Å². The first-order valence-corrected chi connectivity index (χ1v) is 8.01. The zero-order valence-electron chi connectivity index (χ0n) is 13.7. The van der Waals surface area contributed by atoms with E-state index in [1.54, 1.807) is 30.3 Å². The highest BCUT2D eigenvalue weighted by Crippen LogP contribution is 2.23. The van der Waals surface area contributed by atoms with Crippen molar-refractivity contribution in [2.75, 3.05) is 17.2 Å². The van der Waals surface area contributed by atoms with Crippen molar-refractivity contribution in [1.29, 1.82) is 0 Å². The van der Waals surface area contributed by atoms with Crippen LogP contribution in [0.25, 0.3) is 0 Å². The Morgan fingerprint density at radius 1 is 1.04 bits per heavy atom. The second-order valence-corrected chi connectivity index (χ2v) is 5.94. The Morgan fingerprint density at radius 3 is 2.50 bits per heavy atom. The van der Waals surface area contributed by atoms with Crippen molar-refractivity contribution < 1.29 is 23.5 Å². The predicted molar refractivity (Wildman–Crippen MR) is 91.6 cm³/mol. The maximum absolute atomic E-state index is 13.7. The maximum atomic E-state index is 13.7. The minimum absolute atomic E-state index is 0.00494. The van der Waals surface area contributed by atoms with Gasteiger partial charge in [-0.1, -0.05) is 24.3 Å². The van der Waals surface area contributed by atoms with Crippen LogP contribution in [0.15, 0.2) is 48.5 Å². The number of amides is 3. The van der Waals surface area contributed by atoms with E-state index in [1.807, 2.05) is 0 Å². The number of likely N-dealkylation sites (tertiary alicyclic amines) is 1. The van der Waals surface area contributed by atoms with Crippen molar-refractivity contribution in [3.05, 3.63) is 60.2 Å². The van der Waals surface area contributed by atoms with Crippen molar-refractivity contribution in [3.63, 3.8) is 0 Å². The third kappa shape index (κ3) is 3.80. The van der Waals surface area contributed by atoms with Crippen molar-refractivity contribution in [2.45, 2.75) is 18.6 Å². The fourth-order valence-electron chi connectivity index (χ4n) is 2.82. The van der Waals surface area contributed by atoms with E-state index in [2.05, 4.69) is 10.6 Å². The number of nitrogens with zero attached hydrogens (tertiary/aromatic N) is 1. The average molecular weight is 361 g/mol. The summed E-state index contributed by atoms with van der Waals surface area (Å²) in [5.74, 6) is -2.97. The predicted octanol–water partition coefficient (Wildman–Crippen LogP) is 2.57. The van der Waals surface area contributed by atoms with Gasteiger partial charge in [-0.05, 0) is 24.3 Å². The average Bonchev–Trinajstić information content (AvgIpc) is 3.02. The minimum atomic E-state index is -1.18. The molecule has 2 aromatic rings. The first-order valence-electron chi connectivity index (χ1n) is 8.01. The quantitative estimate of drug-likeness (QED) is 0.786. The van der Waals surface area contributed by atoms with Crippen LogP contribution in [0.2, 0.25) is 0 Å². The molecule has 0 bridgehead atoms. The fourth-order valence-corrected chi connectivity index (χ4v) is 2.82. The number of carbonyl (C=O) groups excluding carboxylic acids is 2. The van der Waals surface area contributed by atoms with Crippen LogP contribution in [0, 0.1) is 11.6 Å². The molecule has 26 heavy (non-hydrogen) atoms. The Hall–Kier alpha value is -3.00. The lowest BCUT2D eigenvalue weighted by Gasteiger charge is -2.24. The number of para-hydroxylation sites is 1. The van der Waals surface area contributed by atoms with Crippen LogP contribution < -0.4 is 10.6 Å². The molecule has 2 aromatic carbocycles. The second kappa shape index (κ2) is 7.49. The maximum Gasteiger partial charge on any atom is 0.322 e. The van der Waals surface area contributed by atoms with E-state index < -0.39 is 35.7 Å². The topological polar surface area (TPSA) is 81.7 Å². The van der Waals surface area contributed by atoms with Crippen LogP contribution in [0.1, 0.15) is 6.42 Å². The molecule has 136 valence electrons.